The first-order valence-electron chi connectivity index (χ1n) is 9.35. The number of nitrogens with one attached hydrogen (secondary N) is 2. The molecular formula is C20H27FN4OS. The number of guanidine groups is 1. The topological polar surface area (TPSA) is 48.9 Å². The summed E-state index contributed by atoms with van der Waals surface area (Å²) in [5.41, 5.74) is 0.818. The second kappa shape index (κ2) is 9.60. The maximum absolute atomic E-state index is 13.8. The van der Waals surface area contributed by atoms with Gasteiger partial charge in [0.15, 0.2) is 17.5 Å². The van der Waals surface area contributed by atoms with Crippen LogP contribution in [0.15, 0.2) is 40.7 Å². The largest absolute Gasteiger partial charge is 0.494 e. The van der Waals surface area contributed by atoms with E-state index >= 15 is 0 Å². The van der Waals surface area contributed by atoms with Crippen molar-refractivity contribution in [2.75, 3.05) is 31.6 Å². The van der Waals surface area contributed by atoms with Gasteiger partial charge in [0, 0.05) is 25.7 Å². The number of hydrogen-bond acceptors (Lipinski definition) is 4. The molecule has 1 aliphatic heterocycles. The molecule has 1 aromatic carbocycles. The highest BCUT2D eigenvalue weighted by Gasteiger charge is 2.20. The Kier molecular flexibility index (Phi) is 6.92. The summed E-state index contributed by atoms with van der Waals surface area (Å²) < 4.78 is 18.8. The number of anilines is 1. The predicted octanol–water partition coefficient (Wildman–Crippen LogP) is 3.62. The molecule has 7 heteroatoms. The molecule has 0 amide bonds. The summed E-state index contributed by atoms with van der Waals surface area (Å²) in [6.45, 7) is 5.34. The molecule has 2 N–H and O–H groups in total. The number of halogens is 1. The van der Waals surface area contributed by atoms with Gasteiger partial charge in [-0.15, -0.1) is 11.3 Å². The van der Waals surface area contributed by atoms with Crippen molar-refractivity contribution in [1.82, 2.24) is 10.6 Å². The van der Waals surface area contributed by atoms with Crippen molar-refractivity contribution >= 4 is 22.3 Å². The van der Waals surface area contributed by atoms with Crippen LogP contribution in [0.1, 0.15) is 25.3 Å². The molecule has 0 saturated carbocycles. The Morgan fingerprint density at radius 2 is 2.15 bits per heavy atom. The van der Waals surface area contributed by atoms with Gasteiger partial charge in [0.1, 0.15) is 0 Å². The van der Waals surface area contributed by atoms with Crippen LogP contribution in [-0.4, -0.2) is 38.7 Å². The molecular weight excluding hydrogens is 363 g/mol. The molecule has 1 saturated heterocycles. The SMILES string of the molecule is CCNC(=NCc1ccc(OC)c(F)c1)NC1CCN(c2cccs2)CC1. The minimum atomic E-state index is -0.357. The monoisotopic (exact) mass is 390 g/mol. The molecule has 1 aromatic heterocycles. The molecule has 3 rings (SSSR count). The molecule has 1 fully saturated rings. The van der Waals surface area contributed by atoms with E-state index in [9.17, 15) is 4.39 Å². The lowest BCUT2D eigenvalue weighted by Gasteiger charge is -2.33. The number of piperidine rings is 1. The summed E-state index contributed by atoms with van der Waals surface area (Å²) in [5, 5.41) is 10.3. The van der Waals surface area contributed by atoms with Crippen molar-refractivity contribution < 1.29 is 9.13 Å². The summed E-state index contributed by atoms with van der Waals surface area (Å²) in [4.78, 5) is 7.06. The summed E-state index contributed by atoms with van der Waals surface area (Å²) in [5.74, 6) is 0.678. The zero-order valence-electron chi connectivity index (χ0n) is 15.9. The molecule has 5 nitrogen and oxygen atoms in total. The smallest absolute Gasteiger partial charge is 0.191 e. The third-order valence-electron chi connectivity index (χ3n) is 4.63. The Labute approximate surface area is 164 Å². The van der Waals surface area contributed by atoms with E-state index in [0.29, 0.717) is 12.6 Å². The highest BCUT2D eigenvalue weighted by Crippen LogP contribution is 2.24. The molecule has 2 heterocycles. The Bertz CT molecular complexity index is 742. The van der Waals surface area contributed by atoms with Gasteiger partial charge in [-0.1, -0.05) is 6.07 Å². The molecule has 146 valence electrons. The van der Waals surface area contributed by atoms with Crippen molar-refractivity contribution in [2.45, 2.75) is 32.4 Å². The lowest BCUT2D eigenvalue weighted by atomic mass is 10.1. The van der Waals surface area contributed by atoms with Crippen LogP contribution in [0.2, 0.25) is 0 Å². The predicted molar refractivity (Wildman–Crippen MR) is 110 cm³/mol. The van der Waals surface area contributed by atoms with Crippen molar-refractivity contribution in [3.63, 3.8) is 0 Å². The average Bonchev–Trinajstić information content (AvgIpc) is 3.22. The first-order valence-corrected chi connectivity index (χ1v) is 10.2. The minimum absolute atomic E-state index is 0.255. The standard InChI is InChI=1S/C20H27FN4OS/c1-3-22-20(23-14-15-6-7-18(26-2)17(21)13-15)24-16-8-10-25(11-9-16)19-5-4-12-27-19/h4-7,12-13,16H,3,8-11,14H2,1-2H3,(H2,22,23,24). The highest BCUT2D eigenvalue weighted by atomic mass is 32.1. The van der Waals surface area contributed by atoms with Crippen LogP contribution in [0.5, 0.6) is 5.75 Å². The lowest BCUT2D eigenvalue weighted by molar-refractivity contribution is 0.386. The van der Waals surface area contributed by atoms with E-state index in [2.05, 4.69) is 38.0 Å². The van der Waals surface area contributed by atoms with Gasteiger partial charge in [0.05, 0.1) is 18.7 Å². The normalized spacial score (nSPS) is 15.7. The third kappa shape index (κ3) is 5.35. The third-order valence-corrected chi connectivity index (χ3v) is 5.56. The fraction of sp³-hybridized carbons (Fsp3) is 0.450. The van der Waals surface area contributed by atoms with E-state index < -0.39 is 0 Å². The number of ether oxygens (including phenoxy) is 1. The van der Waals surface area contributed by atoms with Gasteiger partial charge in [-0.25, -0.2) is 9.38 Å². The molecule has 0 aliphatic carbocycles. The van der Waals surface area contributed by atoms with Crippen molar-refractivity contribution in [1.29, 1.82) is 0 Å². The molecule has 0 atom stereocenters. The maximum Gasteiger partial charge on any atom is 0.191 e. The fourth-order valence-corrected chi connectivity index (χ4v) is 3.97. The first kappa shape index (κ1) is 19.5. The Hall–Kier alpha value is -2.28. The van der Waals surface area contributed by atoms with Crippen LogP contribution in [-0.2, 0) is 6.54 Å². The van der Waals surface area contributed by atoms with Gasteiger partial charge >= 0.3 is 0 Å². The van der Waals surface area contributed by atoms with Crippen LogP contribution in [0, 0.1) is 5.82 Å². The zero-order chi connectivity index (χ0) is 19.1. The number of rotatable bonds is 6. The number of hydrogen-bond donors (Lipinski definition) is 2. The average molecular weight is 391 g/mol. The Balaban J connectivity index is 1.55. The van der Waals surface area contributed by atoms with E-state index in [0.717, 1.165) is 44.0 Å². The quantitative estimate of drug-likeness (QED) is 0.584. The van der Waals surface area contributed by atoms with Crippen LogP contribution in [0.4, 0.5) is 9.39 Å². The van der Waals surface area contributed by atoms with E-state index in [4.69, 9.17) is 4.74 Å². The minimum Gasteiger partial charge on any atom is -0.494 e. The van der Waals surface area contributed by atoms with Crippen LogP contribution in [0.25, 0.3) is 0 Å². The molecule has 0 bridgehead atoms. The molecule has 27 heavy (non-hydrogen) atoms. The lowest BCUT2D eigenvalue weighted by Crippen LogP contribution is -2.48. The number of benzene rings is 1. The second-order valence-electron chi connectivity index (χ2n) is 6.52. The summed E-state index contributed by atoms with van der Waals surface area (Å²) >= 11 is 1.79. The molecule has 2 aromatic rings. The van der Waals surface area contributed by atoms with Gasteiger partial charge in [0.25, 0.3) is 0 Å². The molecule has 0 unspecified atom stereocenters. The van der Waals surface area contributed by atoms with Crippen molar-refractivity contribution in [3.8, 4) is 5.75 Å². The van der Waals surface area contributed by atoms with E-state index in [1.54, 1.807) is 17.4 Å². The number of methoxy groups -OCH3 is 1. The number of aliphatic imine (C=N–C) groups is 1. The van der Waals surface area contributed by atoms with E-state index in [1.165, 1.54) is 18.2 Å². The van der Waals surface area contributed by atoms with Crippen molar-refractivity contribution in [2.24, 2.45) is 4.99 Å². The van der Waals surface area contributed by atoms with Gasteiger partial charge in [-0.05, 0) is 55.0 Å². The molecule has 1 aliphatic rings. The zero-order valence-corrected chi connectivity index (χ0v) is 16.7. The van der Waals surface area contributed by atoms with E-state index in [1.807, 2.05) is 13.0 Å². The first-order chi connectivity index (χ1) is 13.2. The van der Waals surface area contributed by atoms with Crippen LogP contribution in [0.3, 0.4) is 0 Å². The van der Waals surface area contributed by atoms with Crippen molar-refractivity contribution in [3.05, 3.63) is 47.1 Å². The second-order valence-corrected chi connectivity index (χ2v) is 7.45. The fourth-order valence-electron chi connectivity index (χ4n) is 3.19. The highest BCUT2D eigenvalue weighted by molar-refractivity contribution is 7.14. The summed E-state index contributed by atoms with van der Waals surface area (Å²) in [7, 11) is 1.47. The van der Waals surface area contributed by atoms with Crippen LogP contribution < -0.4 is 20.3 Å². The van der Waals surface area contributed by atoms with Gasteiger partial charge < -0.3 is 20.3 Å². The Morgan fingerprint density at radius 3 is 2.78 bits per heavy atom. The summed E-state index contributed by atoms with van der Waals surface area (Å²) in [6, 6.07) is 9.63. The molecule has 0 spiro atoms. The number of nitrogens with zero attached hydrogens (tertiary/aromatic N) is 2. The van der Waals surface area contributed by atoms with Gasteiger partial charge in [-0.3, -0.25) is 0 Å². The van der Waals surface area contributed by atoms with Crippen LogP contribution >= 0.6 is 11.3 Å². The Morgan fingerprint density at radius 1 is 1.33 bits per heavy atom. The van der Waals surface area contributed by atoms with E-state index in [-0.39, 0.29) is 11.6 Å². The maximum atomic E-state index is 13.8. The number of thiophene rings is 1. The summed E-state index contributed by atoms with van der Waals surface area (Å²) in [6.07, 6.45) is 2.14. The molecule has 0 radical (unpaired) electrons. The van der Waals surface area contributed by atoms with Gasteiger partial charge in [-0.2, -0.15) is 0 Å². The van der Waals surface area contributed by atoms with Gasteiger partial charge in [0.2, 0.25) is 0 Å².